The van der Waals surface area contributed by atoms with Crippen molar-refractivity contribution in [1.82, 2.24) is 10.6 Å². The van der Waals surface area contributed by atoms with Gasteiger partial charge in [-0.05, 0) is 45.2 Å². The van der Waals surface area contributed by atoms with Crippen molar-refractivity contribution in [3.8, 4) is 0 Å². The topological polar surface area (TPSA) is 41.1 Å². The molecule has 1 amide bonds. The van der Waals surface area contributed by atoms with E-state index in [9.17, 15) is 4.79 Å². The minimum absolute atomic E-state index is 0.0849. The normalized spacial score (nSPS) is 20.4. The van der Waals surface area contributed by atoms with Gasteiger partial charge >= 0.3 is 0 Å². The van der Waals surface area contributed by atoms with E-state index in [4.69, 9.17) is 0 Å². The minimum atomic E-state index is 0.0849. The first-order valence-corrected chi connectivity index (χ1v) is 7.74. The van der Waals surface area contributed by atoms with Crippen molar-refractivity contribution in [3.63, 3.8) is 0 Å². The Balaban J connectivity index is 1.76. The van der Waals surface area contributed by atoms with Gasteiger partial charge < -0.3 is 10.6 Å². The van der Waals surface area contributed by atoms with Gasteiger partial charge in [-0.2, -0.15) is 0 Å². The molecule has 0 spiro atoms. The SMILES string of the molecule is Cc1cccc([C@H](C)NC(=O)CCC2CCCCN2)c1. The highest BCUT2D eigenvalue weighted by Crippen LogP contribution is 2.15. The van der Waals surface area contributed by atoms with Gasteiger partial charge in [-0.3, -0.25) is 4.79 Å². The number of aryl methyl sites for hydroxylation is 1. The molecule has 1 aliphatic rings. The van der Waals surface area contributed by atoms with E-state index in [2.05, 4.69) is 35.8 Å². The number of carbonyl (C=O) groups is 1. The van der Waals surface area contributed by atoms with E-state index >= 15 is 0 Å². The Morgan fingerprint density at radius 3 is 3.00 bits per heavy atom. The summed E-state index contributed by atoms with van der Waals surface area (Å²) in [6.45, 7) is 5.23. The monoisotopic (exact) mass is 274 g/mol. The number of hydrogen-bond acceptors (Lipinski definition) is 2. The summed E-state index contributed by atoms with van der Waals surface area (Å²) < 4.78 is 0. The second kappa shape index (κ2) is 7.44. The zero-order chi connectivity index (χ0) is 14.4. The molecule has 1 unspecified atom stereocenters. The quantitative estimate of drug-likeness (QED) is 0.866. The lowest BCUT2D eigenvalue weighted by Gasteiger charge is -2.23. The standard InChI is InChI=1S/C17H26N2O/c1-13-6-5-7-15(12-13)14(2)19-17(20)10-9-16-8-3-4-11-18-16/h5-7,12,14,16,18H,3-4,8-11H2,1-2H3,(H,19,20)/t14-,16?/m0/s1. The number of carbonyl (C=O) groups excluding carboxylic acids is 1. The number of hydrogen-bond donors (Lipinski definition) is 2. The van der Waals surface area contributed by atoms with Crippen LogP contribution in [0.3, 0.4) is 0 Å². The van der Waals surface area contributed by atoms with Crippen molar-refractivity contribution in [2.75, 3.05) is 6.54 Å². The molecule has 0 saturated carbocycles. The molecule has 110 valence electrons. The highest BCUT2D eigenvalue weighted by Gasteiger charge is 2.15. The largest absolute Gasteiger partial charge is 0.350 e. The van der Waals surface area contributed by atoms with Gasteiger partial charge in [-0.15, -0.1) is 0 Å². The highest BCUT2D eigenvalue weighted by molar-refractivity contribution is 5.76. The Bertz CT molecular complexity index is 438. The van der Waals surface area contributed by atoms with Crippen LogP contribution in [0.15, 0.2) is 24.3 Å². The number of nitrogens with one attached hydrogen (secondary N) is 2. The van der Waals surface area contributed by atoms with Crippen LogP contribution >= 0.6 is 0 Å². The average Bonchev–Trinajstić information content (AvgIpc) is 2.46. The van der Waals surface area contributed by atoms with Crippen LogP contribution in [-0.4, -0.2) is 18.5 Å². The minimum Gasteiger partial charge on any atom is -0.350 e. The van der Waals surface area contributed by atoms with Gasteiger partial charge in [0.1, 0.15) is 0 Å². The van der Waals surface area contributed by atoms with Gasteiger partial charge in [0.05, 0.1) is 6.04 Å². The molecule has 20 heavy (non-hydrogen) atoms. The van der Waals surface area contributed by atoms with Crippen molar-refractivity contribution in [1.29, 1.82) is 0 Å². The maximum atomic E-state index is 12.0. The van der Waals surface area contributed by atoms with Crippen molar-refractivity contribution >= 4 is 5.91 Å². The molecular weight excluding hydrogens is 248 g/mol. The lowest BCUT2D eigenvalue weighted by Crippen LogP contribution is -2.35. The van der Waals surface area contributed by atoms with Crippen LogP contribution in [-0.2, 0) is 4.79 Å². The summed E-state index contributed by atoms with van der Waals surface area (Å²) in [7, 11) is 0. The van der Waals surface area contributed by atoms with Crippen molar-refractivity contribution in [3.05, 3.63) is 35.4 Å². The number of rotatable bonds is 5. The lowest BCUT2D eigenvalue weighted by atomic mass is 10.00. The summed E-state index contributed by atoms with van der Waals surface area (Å²) in [6.07, 6.45) is 5.34. The van der Waals surface area contributed by atoms with E-state index in [0.717, 1.165) is 13.0 Å². The first kappa shape index (κ1) is 15.0. The molecule has 0 aliphatic carbocycles. The van der Waals surface area contributed by atoms with Crippen LogP contribution in [0.25, 0.3) is 0 Å². The summed E-state index contributed by atoms with van der Waals surface area (Å²) in [5, 5.41) is 6.58. The summed E-state index contributed by atoms with van der Waals surface area (Å²) in [5.41, 5.74) is 2.41. The Hall–Kier alpha value is -1.35. The molecule has 1 aromatic rings. The Kier molecular flexibility index (Phi) is 5.60. The van der Waals surface area contributed by atoms with Gasteiger partial charge in [-0.25, -0.2) is 0 Å². The predicted octanol–water partition coefficient (Wildman–Crippen LogP) is 3.09. The molecule has 0 bridgehead atoms. The summed E-state index contributed by atoms with van der Waals surface area (Å²) in [6, 6.07) is 8.94. The summed E-state index contributed by atoms with van der Waals surface area (Å²) in [5.74, 6) is 0.159. The van der Waals surface area contributed by atoms with E-state index < -0.39 is 0 Å². The fourth-order valence-electron chi connectivity index (χ4n) is 2.81. The zero-order valence-electron chi connectivity index (χ0n) is 12.6. The molecule has 1 aliphatic heterocycles. The van der Waals surface area contributed by atoms with Crippen LogP contribution in [0.4, 0.5) is 0 Å². The molecule has 0 radical (unpaired) electrons. The second-order valence-electron chi connectivity index (χ2n) is 5.89. The number of piperidine rings is 1. The van der Waals surface area contributed by atoms with Crippen LogP contribution in [0, 0.1) is 6.92 Å². The van der Waals surface area contributed by atoms with E-state index in [0.29, 0.717) is 12.5 Å². The average molecular weight is 274 g/mol. The van der Waals surface area contributed by atoms with E-state index in [-0.39, 0.29) is 11.9 Å². The third-order valence-electron chi connectivity index (χ3n) is 4.05. The summed E-state index contributed by atoms with van der Waals surface area (Å²) >= 11 is 0. The molecule has 1 heterocycles. The lowest BCUT2D eigenvalue weighted by molar-refractivity contribution is -0.122. The first-order valence-electron chi connectivity index (χ1n) is 7.74. The second-order valence-corrected chi connectivity index (χ2v) is 5.89. The van der Waals surface area contributed by atoms with Gasteiger partial charge in [0.2, 0.25) is 5.91 Å². The molecule has 2 atom stereocenters. The van der Waals surface area contributed by atoms with E-state index in [1.807, 2.05) is 13.0 Å². The van der Waals surface area contributed by atoms with Crippen molar-refractivity contribution in [2.45, 2.75) is 58.0 Å². The molecule has 2 N–H and O–H groups in total. The molecule has 1 fully saturated rings. The first-order chi connectivity index (χ1) is 9.65. The van der Waals surface area contributed by atoms with Crippen molar-refractivity contribution < 1.29 is 4.79 Å². The molecule has 3 heteroatoms. The van der Waals surface area contributed by atoms with Crippen LogP contribution < -0.4 is 10.6 Å². The maximum absolute atomic E-state index is 12.0. The van der Waals surface area contributed by atoms with Gasteiger partial charge in [-0.1, -0.05) is 36.2 Å². The van der Waals surface area contributed by atoms with E-state index in [1.165, 1.54) is 30.4 Å². The Labute approximate surface area is 122 Å². The zero-order valence-corrected chi connectivity index (χ0v) is 12.6. The fourth-order valence-corrected chi connectivity index (χ4v) is 2.81. The molecule has 0 aromatic heterocycles. The van der Waals surface area contributed by atoms with Gasteiger partial charge in [0.25, 0.3) is 0 Å². The van der Waals surface area contributed by atoms with Gasteiger partial charge in [0.15, 0.2) is 0 Å². The Morgan fingerprint density at radius 1 is 1.45 bits per heavy atom. The molecule has 1 saturated heterocycles. The maximum Gasteiger partial charge on any atom is 0.220 e. The predicted molar refractivity (Wildman–Crippen MR) is 82.6 cm³/mol. The Morgan fingerprint density at radius 2 is 2.30 bits per heavy atom. The summed E-state index contributed by atoms with van der Waals surface area (Å²) in [4.78, 5) is 12.0. The van der Waals surface area contributed by atoms with E-state index in [1.54, 1.807) is 0 Å². The van der Waals surface area contributed by atoms with Gasteiger partial charge in [0, 0.05) is 12.5 Å². The number of amides is 1. The third kappa shape index (κ3) is 4.64. The van der Waals surface area contributed by atoms with Crippen LogP contribution in [0.1, 0.15) is 56.2 Å². The molecule has 1 aromatic carbocycles. The number of benzene rings is 1. The highest BCUT2D eigenvalue weighted by atomic mass is 16.1. The molecule has 2 rings (SSSR count). The van der Waals surface area contributed by atoms with Crippen molar-refractivity contribution in [2.24, 2.45) is 0 Å². The smallest absolute Gasteiger partial charge is 0.220 e. The molecular formula is C17H26N2O. The fraction of sp³-hybridized carbons (Fsp3) is 0.588. The van der Waals surface area contributed by atoms with Crippen LogP contribution in [0.2, 0.25) is 0 Å². The molecule has 3 nitrogen and oxygen atoms in total. The van der Waals surface area contributed by atoms with Crippen LogP contribution in [0.5, 0.6) is 0 Å². The third-order valence-corrected chi connectivity index (χ3v) is 4.05.